The van der Waals surface area contributed by atoms with Crippen LogP contribution in [0.3, 0.4) is 0 Å². The van der Waals surface area contributed by atoms with Gasteiger partial charge in [-0.2, -0.15) is 8.42 Å². The van der Waals surface area contributed by atoms with E-state index in [1.807, 2.05) is 6.07 Å². The number of aromatic nitrogens is 4. The first kappa shape index (κ1) is 20.0. The lowest BCUT2D eigenvalue weighted by molar-refractivity contribution is -0.142. The average Bonchev–Trinajstić information content (AvgIpc) is 3.14. The topological polar surface area (TPSA) is 167 Å². The Balaban J connectivity index is 1.67. The van der Waals surface area contributed by atoms with E-state index in [4.69, 9.17) is 4.74 Å². The van der Waals surface area contributed by atoms with E-state index in [1.54, 1.807) is 31.2 Å². The lowest BCUT2D eigenvalue weighted by Gasteiger charge is -2.46. The van der Waals surface area contributed by atoms with Gasteiger partial charge in [0.05, 0.1) is 6.04 Å². The van der Waals surface area contributed by atoms with Crippen molar-refractivity contribution in [3.05, 3.63) is 35.9 Å². The van der Waals surface area contributed by atoms with Gasteiger partial charge in [-0.15, -0.1) is 5.10 Å². The molecule has 12 nitrogen and oxygen atoms in total. The highest BCUT2D eigenvalue weighted by molar-refractivity contribution is 7.99. The van der Waals surface area contributed by atoms with Crippen molar-refractivity contribution < 1.29 is 27.3 Å². The molecule has 28 heavy (non-hydrogen) atoms. The van der Waals surface area contributed by atoms with Gasteiger partial charge in [-0.25, -0.2) is 14.2 Å². The summed E-state index contributed by atoms with van der Waals surface area (Å²) < 4.78 is 37.8. The van der Waals surface area contributed by atoms with Gasteiger partial charge in [-0.3, -0.25) is 9.35 Å². The van der Waals surface area contributed by atoms with Crippen LogP contribution in [-0.2, 0) is 26.4 Å². The summed E-state index contributed by atoms with van der Waals surface area (Å²) in [6.45, 7) is 1.58. The van der Waals surface area contributed by atoms with Crippen molar-refractivity contribution in [2.75, 3.05) is 0 Å². The summed E-state index contributed by atoms with van der Waals surface area (Å²) in [5, 5.41) is 15.0. The monoisotopic (exact) mass is 428 g/mol. The fraction of sp³-hybridized carbons (Fsp3) is 0.357. The highest BCUT2D eigenvalue weighted by Crippen LogP contribution is 2.34. The molecule has 1 aromatic heterocycles. The molecule has 14 heteroatoms. The summed E-state index contributed by atoms with van der Waals surface area (Å²) >= 11 is 1.04. The normalized spacial score (nSPS) is 20.4. The van der Waals surface area contributed by atoms with E-state index in [1.165, 1.54) is 0 Å². The summed E-state index contributed by atoms with van der Waals surface area (Å²) in [6.07, 6.45) is -0.888. The van der Waals surface area contributed by atoms with Gasteiger partial charge in [0.1, 0.15) is 12.6 Å². The van der Waals surface area contributed by atoms with Crippen LogP contribution in [0.5, 0.6) is 0 Å². The maximum absolute atomic E-state index is 12.2. The molecule has 0 radical (unpaired) electrons. The van der Waals surface area contributed by atoms with Crippen molar-refractivity contribution in [2.24, 2.45) is 0 Å². The molecule has 2 amide bonds. The molecule has 2 heterocycles. The minimum atomic E-state index is -4.80. The molecule has 0 aliphatic carbocycles. The number of H-pyrrole nitrogens is 1. The van der Waals surface area contributed by atoms with Gasteiger partial charge in [0, 0.05) is 5.25 Å². The van der Waals surface area contributed by atoms with E-state index in [9.17, 15) is 22.6 Å². The summed E-state index contributed by atoms with van der Waals surface area (Å²) in [7, 11) is -4.80. The summed E-state index contributed by atoms with van der Waals surface area (Å²) in [4.78, 5) is 24.2. The third kappa shape index (κ3) is 4.40. The summed E-state index contributed by atoms with van der Waals surface area (Å²) in [6, 6.07) is 6.65. The number of nitrogens with one attached hydrogen (secondary N) is 2. The molecular formula is C14H16N6O6S2. The van der Waals surface area contributed by atoms with E-state index in [2.05, 4.69) is 25.9 Å². The van der Waals surface area contributed by atoms with Gasteiger partial charge in [-0.05, 0) is 16.0 Å². The molecule has 3 rings (SSSR count). The highest BCUT2D eigenvalue weighted by Gasteiger charge is 2.56. The van der Waals surface area contributed by atoms with Crippen LogP contribution in [0.15, 0.2) is 35.5 Å². The quantitative estimate of drug-likeness (QED) is 0.310. The number of tetrazole rings is 1. The molecule has 1 aliphatic heterocycles. The number of nitrogens with zero attached hydrogens (tertiary/aromatic N) is 4. The van der Waals surface area contributed by atoms with E-state index in [0.717, 1.165) is 17.3 Å². The first-order valence-corrected chi connectivity index (χ1v) is 10.2. The molecule has 2 aromatic rings. The number of thioether (sulfide) groups is 1. The fourth-order valence-electron chi connectivity index (χ4n) is 2.70. The van der Waals surface area contributed by atoms with Gasteiger partial charge in [0.25, 0.3) is 5.91 Å². The number of carbonyl (C=O) groups is 2. The first-order valence-electron chi connectivity index (χ1n) is 7.95. The Kier molecular flexibility index (Phi) is 5.81. The highest BCUT2D eigenvalue weighted by atomic mass is 32.2. The summed E-state index contributed by atoms with van der Waals surface area (Å²) in [5.74, 6) is -0.965. The minimum absolute atomic E-state index is 0.0195. The molecule has 3 unspecified atom stereocenters. The second kappa shape index (κ2) is 8.12. The number of rotatable bonds is 7. The second-order valence-electron chi connectivity index (χ2n) is 5.82. The molecule has 1 saturated heterocycles. The van der Waals surface area contributed by atoms with Crippen LogP contribution in [0, 0.1) is 0 Å². The van der Waals surface area contributed by atoms with Crippen LogP contribution in [0.25, 0.3) is 0 Å². The zero-order valence-electron chi connectivity index (χ0n) is 14.4. The van der Waals surface area contributed by atoms with Crippen LogP contribution in [0.2, 0.25) is 0 Å². The van der Waals surface area contributed by atoms with Crippen molar-refractivity contribution in [3.63, 3.8) is 0 Å². The van der Waals surface area contributed by atoms with E-state index in [-0.39, 0.29) is 11.8 Å². The van der Waals surface area contributed by atoms with Gasteiger partial charge < -0.3 is 10.1 Å². The number of benzene rings is 1. The SMILES string of the molecule is CC(Sc1nnn[nH]1)C1C(NC(=O)OCc2ccccc2)C(=O)N1S(=O)(=O)O. The Morgan fingerprint density at radius 3 is 2.75 bits per heavy atom. The van der Waals surface area contributed by atoms with E-state index >= 15 is 0 Å². The van der Waals surface area contributed by atoms with Crippen molar-refractivity contribution in [1.82, 2.24) is 30.2 Å². The van der Waals surface area contributed by atoms with Crippen LogP contribution >= 0.6 is 11.8 Å². The Morgan fingerprint density at radius 1 is 1.43 bits per heavy atom. The minimum Gasteiger partial charge on any atom is -0.445 e. The molecule has 0 saturated carbocycles. The number of hydrogen-bond acceptors (Lipinski definition) is 9. The van der Waals surface area contributed by atoms with E-state index < -0.39 is 39.6 Å². The Hall–Kier alpha value is -2.71. The fourth-order valence-corrected chi connectivity index (χ4v) is 4.68. The van der Waals surface area contributed by atoms with Crippen molar-refractivity contribution in [2.45, 2.75) is 36.0 Å². The third-order valence-corrected chi connectivity index (χ3v) is 5.90. The van der Waals surface area contributed by atoms with Crippen LogP contribution in [0.4, 0.5) is 4.79 Å². The predicted molar refractivity (Wildman–Crippen MR) is 95.2 cm³/mol. The number of amides is 2. The number of alkyl carbamates (subject to hydrolysis) is 1. The Bertz CT molecular complexity index is 938. The van der Waals surface area contributed by atoms with Crippen LogP contribution in [-0.4, -0.2) is 67.2 Å². The van der Waals surface area contributed by atoms with Gasteiger partial charge >= 0.3 is 16.4 Å². The molecule has 0 spiro atoms. The molecule has 3 atom stereocenters. The molecule has 1 fully saturated rings. The maximum Gasteiger partial charge on any atom is 0.408 e. The predicted octanol–water partition coefficient (Wildman–Crippen LogP) is -0.0111. The van der Waals surface area contributed by atoms with E-state index in [0.29, 0.717) is 4.31 Å². The van der Waals surface area contributed by atoms with Crippen molar-refractivity contribution >= 4 is 34.1 Å². The second-order valence-corrected chi connectivity index (χ2v) is 8.47. The zero-order valence-corrected chi connectivity index (χ0v) is 16.1. The lowest BCUT2D eigenvalue weighted by Crippen LogP contribution is -2.74. The standard InChI is InChI=1S/C14H16N6O6S2/c1-8(27-13-16-18-19-17-13)11-10(12(21)20(11)28(23,24)25)15-14(22)26-7-9-5-3-2-4-6-9/h2-6,8,10-11H,7H2,1H3,(H,15,22)(H,23,24,25)(H,16,17,18,19). The molecule has 150 valence electrons. The zero-order chi connectivity index (χ0) is 20.3. The Labute approximate surface area is 163 Å². The van der Waals surface area contributed by atoms with Gasteiger partial charge in [0.15, 0.2) is 0 Å². The average molecular weight is 428 g/mol. The number of aromatic amines is 1. The smallest absolute Gasteiger partial charge is 0.408 e. The third-order valence-electron chi connectivity index (χ3n) is 3.93. The maximum atomic E-state index is 12.2. The number of ether oxygens (including phenoxy) is 1. The van der Waals surface area contributed by atoms with Gasteiger partial charge in [0.2, 0.25) is 5.16 Å². The Morgan fingerprint density at radius 2 is 2.14 bits per heavy atom. The number of carbonyl (C=O) groups excluding carboxylic acids is 2. The summed E-state index contributed by atoms with van der Waals surface area (Å²) in [5.41, 5.74) is 0.746. The molecule has 3 N–H and O–H groups in total. The van der Waals surface area contributed by atoms with Gasteiger partial charge in [-0.1, -0.05) is 49.0 Å². The molecular weight excluding hydrogens is 412 g/mol. The molecule has 1 aliphatic rings. The molecule has 1 aromatic carbocycles. The molecule has 0 bridgehead atoms. The lowest BCUT2D eigenvalue weighted by atomic mass is 9.96. The van der Waals surface area contributed by atoms with Crippen LogP contribution < -0.4 is 5.32 Å². The number of hydrogen-bond donors (Lipinski definition) is 3. The first-order chi connectivity index (χ1) is 13.3. The van der Waals surface area contributed by atoms with Crippen LogP contribution in [0.1, 0.15) is 12.5 Å². The largest absolute Gasteiger partial charge is 0.445 e. The number of β-lactam (4-membered cyclic amide) rings is 1. The van der Waals surface area contributed by atoms with Crippen molar-refractivity contribution in [1.29, 1.82) is 0 Å². The van der Waals surface area contributed by atoms with Crippen molar-refractivity contribution in [3.8, 4) is 0 Å².